The first kappa shape index (κ1) is 12.7. The molecule has 1 N–H and O–H groups in total. The fourth-order valence-electron chi connectivity index (χ4n) is 1.27. The molecular weight excluding hydrogens is 250 g/mol. The van der Waals surface area contributed by atoms with E-state index in [1.165, 1.54) is 17.9 Å². The van der Waals surface area contributed by atoms with Crippen LogP contribution in [-0.4, -0.2) is 32.0 Å². The van der Waals surface area contributed by atoms with Crippen molar-refractivity contribution in [2.24, 2.45) is 0 Å². The maximum absolute atomic E-state index is 5.04. The van der Waals surface area contributed by atoms with Crippen LogP contribution in [-0.2, 0) is 0 Å². The Hall–Kier alpha value is -1.76. The largest absolute Gasteiger partial charge is 0.481 e. The van der Waals surface area contributed by atoms with Crippen molar-refractivity contribution >= 4 is 16.7 Å². The van der Waals surface area contributed by atoms with Crippen molar-refractivity contribution in [3.63, 3.8) is 0 Å². The Balaban J connectivity index is 2.23. The van der Waals surface area contributed by atoms with Crippen molar-refractivity contribution in [1.29, 1.82) is 0 Å². The van der Waals surface area contributed by atoms with Crippen LogP contribution in [0.5, 0.6) is 5.88 Å². The van der Waals surface area contributed by atoms with Crippen LogP contribution in [0.4, 0.5) is 5.13 Å². The van der Waals surface area contributed by atoms with E-state index in [9.17, 15) is 0 Å². The molecule has 2 rings (SSSR count). The Morgan fingerprint density at radius 2 is 2.06 bits per heavy atom. The number of methoxy groups -OCH3 is 1. The van der Waals surface area contributed by atoms with E-state index in [4.69, 9.17) is 4.74 Å². The summed E-state index contributed by atoms with van der Waals surface area (Å²) in [6.45, 7) is 6.21. The highest BCUT2D eigenvalue weighted by Gasteiger charge is 2.14. The van der Waals surface area contributed by atoms with E-state index in [1.807, 2.05) is 0 Å². The Labute approximate surface area is 110 Å². The van der Waals surface area contributed by atoms with Crippen molar-refractivity contribution in [2.45, 2.75) is 26.3 Å². The number of hydrogen-bond acceptors (Lipinski definition) is 7. The Morgan fingerprint density at radius 3 is 2.72 bits per heavy atom. The fraction of sp³-hybridized carbons (Fsp3) is 0.455. The average Bonchev–Trinajstić information content (AvgIpc) is 2.75. The summed E-state index contributed by atoms with van der Waals surface area (Å²) in [5.74, 6) is 1.08. The zero-order chi connectivity index (χ0) is 13.2. The Morgan fingerprint density at radius 1 is 1.28 bits per heavy atom. The van der Waals surface area contributed by atoms with Crippen molar-refractivity contribution in [3.8, 4) is 17.4 Å². The van der Waals surface area contributed by atoms with Gasteiger partial charge in [0.2, 0.25) is 11.0 Å². The molecule has 96 valence electrons. The van der Waals surface area contributed by atoms with Gasteiger partial charge in [-0.2, -0.15) is 9.36 Å². The van der Waals surface area contributed by atoms with Crippen LogP contribution in [0.15, 0.2) is 12.4 Å². The van der Waals surface area contributed by atoms with Gasteiger partial charge in [-0.15, -0.1) is 0 Å². The van der Waals surface area contributed by atoms with E-state index in [0.717, 1.165) is 5.13 Å². The highest BCUT2D eigenvalue weighted by molar-refractivity contribution is 7.09. The van der Waals surface area contributed by atoms with Crippen LogP contribution in [0.2, 0.25) is 0 Å². The summed E-state index contributed by atoms with van der Waals surface area (Å²) < 4.78 is 9.31. The average molecular weight is 265 g/mol. The summed E-state index contributed by atoms with van der Waals surface area (Å²) in [7, 11) is 1.56. The predicted molar refractivity (Wildman–Crippen MR) is 70.9 cm³/mol. The molecule has 2 aromatic rings. The third-order valence-corrected chi connectivity index (χ3v) is 2.62. The minimum Gasteiger partial charge on any atom is -0.481 e. The first-order valence-corrected chi connectivity index (χ1v) is 6.23. The molecule has 0 bridgehead atoms. The summed E-state index contributed by atoms with van der Waals surface area (Å²) in [4.78, 5) is 12.5. The zero-order valence-electron chi connectivity index (χ0n) is 10.8. The van der Waals surface area contributed by atoms with Gasteiger partial charge in [-0.05, 0) is 20.8 Å². The van der Waals surface area contributed by atoms with Crippen LogP contribution in [0.1, 0.15) is 20.8 Å². The summed E-state index contributed by atoms with van der Waals surface area (Å²) in [6, 6.07) is 1.71. The number of anilines is 1. The molecule has 0 atom stereocenters. The van der Waals surface area contributed by atoms with Gasteiger partial charge in [-0.1, -0.05) is 0 Å². The Bertz CT molecular complexity index is 534. The second-order valence-electron chi connectivity index (χ2n) is 4.74. The van der Waals surface area contributed by atoms with Crippen molar-refractivity contribution < 1.29 is 4.74 Å². The van der Waals surface area contributed by atoms with Crippen LogP contribution in [0.3, 0.4) is 0 Å². The molecule has 0 radical (unpaired) electrons. The molecule has 2 heterocycles. The molecular formula is C11H15N5OS. The lowest BCUT2D eigenvalue weighted by Crippen LogP contribution is -2.25. The van der Waals surface area contributed by atoms with Gasteiger partial charge in [0.25, 0.3) is 0 Å². The van der Waals surface area contributed by atoms with E-state index in [2.05, 4.69) is 45.4 Å². The summed E-state index contributed by atoms with van der Waals surface area (Å²) >= 11 is 1.31. The molecule has 0 saturated heterocycles. The molecule has 0 unspecified atom stereocenters. The number of hydrogen-bond donors (Lipinski definition) is 1. The van der Waals surface area contributed by atoms with E-state index in [-0.39, 0.29) is 5.54 Å². The number of nitrogens with zero attached hydrogens (tertiary/aromatic N) is 4. The molecule has 0 aliphatic heterocycles. The van der Waals surface area contributed by atoms with Crippen LogP contribution in [0, 0.1) is 0 Å². The van der Waals surface area contributed by atoms with Crippen LogP contribution >= 0.6 is 11.5 Å². The van der Waals surface area contributed by atoms with Gasteiger partial charge in [0, 0.05) is 23.1 Å². The minimum absolute atomic E-state index is 0.0415. The highest BCUT2D eigenvalue weighted by Crippen LogP contribution is 2.23. The lowest BCUT2D eigenvalue weighted by atomic mass is 10.1. The van der Waals surface area contributed by atoms with Gasteiger partial charge in [0.05, 0.1) is 7.11 Å². The molecule has 18 heavy (non-hydrogen) atoms. The smallest absolute Gasteiger partial charge is 0.216 e. The molecule has 0 aliphatic rings. The van der Waals surface area contributed by atoms with Crippen LogP contribution < -0.4 is 10.1 Å². The zero-order valence-corrected chi connectivity index (χ0v) is 11.6. The molecule has 0 saturated carbocycles. The molecule has 0 aromatic carbocycles. The number of ether oxygens (including phenoxy) is 1. The Kier molecular flexibility index (Phi) is 3.42. The standard InChI is InChI=1S/C11H15N5OS/c1-11(2,3)15-10-14-9(16-18-10)7-5-8(17-4)13-6-12-7/h5-6H,1-4H3,(H,14,15,16). The second-order valence-corrected chi connectivity index (χ2v) is 5.50. The second kappa shape index (κ2) is 4.85. The number of rotatable bonds is 3. The number of aromatic nitrogens is 4. The summed E-state index contributed by atoms with van der Waals surface area (Å²) in [5.41, 5.74) is 0.611. The first-order chi connectivity index (χ1) is 8.48. The first-order valence-electron chi connectivity index (χ1n) is 5.46. The molecule has 0 aliphatic carbocycles. The summed E-state index contributed by atoms with van der Waals surface area (Å²) in [6.07, 6.45) is 1.44. The molecule has 2 aromatic heterocycles. The predicted octanol–water partition coefficient (Wildman–Crippen LogP) is 2.21. The normalized spacial score (nSPS) is 11.3. The van der Waals surface area contributed by atoms with E-state index < -0.39 is 0 Å². The fourth-order valence-corrected chi connectivity index (χ4v) is 2.06. The summed E-state index contributed by atoms with van der Waals surface area (Å²) in [5, 5.41) is 4.04. The van der Waals surface area contributed by atoms with Gasteiger partial charge in [0.1, 0.15) is 12.0 Å². The van der Waals surface area contributed by atoms with Gasteiger partial charge in [0.15, 0.2) is 5.82 Å². The minimum atomic E-state index is -0.0415. The van der Waals surface area contributed by atoms with Crippen molar-refractivity contribution in [2.75, 3.05) is 12.4 Å². The van der Waals surface area contributed by atoms with E-state index in [0.29, 0.717) is 17.4 Å². The van der Waals surface area contributed by atoms with E-state index in [1.54, 1.807) is 13.2 Å². The van der Waals surface area contributed by atoms with Gasteiger partial charge in [-0.3, -0.25) is 0 Å². The molecule has 7 heteroatoms. The van der Waals surface area contributed by atoms with Crippen molar-refractivity contribution in [1.82, 2.24) is 19.3 Å². The van der Waals surface area contributed by atoms with Gasteiger partial charge < -0.3 is 10.1 Å². The maximum atomic E-state index is 5.04. The molecule has 6 nitrogen and oxygen atoms in total. The lowest BCUT2D eigenvalue weighted by Gasteiger charge is -2.18. The van der Waals surface area contributed by atoms with Gasteiger partial charge >= 0.3 is 0 Å². The highest BCUT2D eigenvalue weighted by atomic mass is 32.1. The molecule has 0 amide bonds. The monoisotopic (exact) mass is 265 g/mol. The van der Waals surface area contributed by atoms with Crippen LogP contribution in [0.25, 0.3) is 11.5 Å². The quantitative estimate of drug-likeness (QED) is 0.917. The third-order valence-electron chi connectivity index (χ3n) is 1.99. The molecule has 0 spiro atoms. The van der Waals surface area contributed by atoms with Crippen molar-refractivity contribution in [3.05, 3.63) is 12.4 Å². The molecule has 0 fully saturated rings. The third kappa shape index (κ3) is 3.13. The number of nitrogens with one attached hydrogen (secondary N) is 1. The lowest BCUT2D eigenvalue weighted by molar-refractivity contribution is 0.397. The topological polar surface area (TPSA) is 72.8 Å². The van der Waals surface area contributed by atoms with Gasteiger partial charge in [-0.25, -0.2) is 9.97 Å². The van der Waals surface area contributed by atoms with E-state index >= 15 is 0 Å². The SMILES string of the molecule is COc1cc(-c2nsc(NC(C)(C)C)n2)ncn1. The maximum Gasteiger partial charge on any atom is 0.216 e.